The largest absolute Gasteiger partial charge is 0.395 e. The van der Waals surface area contributed by atoms with E-state index in [1.54, 1.807) is 0 Å². The number of ketones is 1. The van der Waals surface area contributed by atoms with E-state index < -0.39 is 5.41 Å². The number of nitriles is 2. The molecule has 0 aromatic heterocycles. The zero-order valence-corrected chi connectivity index (χ0v) is 8.79. The van der Waals surface area contributed by atoms with Gasteiger partial charge in [0.1, 0.15) is 11.2 Å². The summed E-state index contributed by atoms with van der Waals surface area (Å²) in [6.07, 6.45) is 3.33. The summed E-state index contributed by atoms with van der Waals surface area (Å²) >= 11 is 0. The fourth-order valence-corrected chi connectivity index (χ4v) is 1.12. The van der Waals surface area contributed by atoms with Gasteiger partial charge in [0.2, 0.25) is 0 Å². The maximum Gasteiger partial charge on any atom is 0.150 e. The van der Waals surface area contributed by atoms with E-state index in [-0.39, 0.29) is 17.8 Å². The summed E-state index contributed by atoms with van der Waals surface area (Å²) in [5.74, 6) is 0.0278. The second kappa shape index (κ2) is 4.00. The van der Waals surface area contributed by atoms with Crippen molar-refractivity contribution in [2.75, 3.05) is 6.61 Å². The number of hydrogen-bond donors (Lipinski definition) is 1. The summed E-state index contributed by atoms with van der Waals surface area (Å²) in [4.78, 5) is 10.5. The predicted molar refractivity (Wildman–Crippen MR) is 52.3 cm³/mol. The van der Waals surface area contributed by atoms with E-state index in [2.05, 4.69) is 6.07 Å². The lowest BCUT2D eigenvalue weighted by Crippen LogP contribution is -2.07. The van der Waals surface area contributed by atoms with Gasteiger partial charge in [-0.25, -0.2) is 0 Å². The van der Waals surface area contributed by atoms with Crippen molar-refractivity contribution in [1.29, 1.82) is 10.5 Å². The Bertz CT molecular complexity index is 341. The quantitative estimate of drug-likeness (QED) is 0.734. The molecule has 0 spiro atoms. The fraction of sp³-hybridized carbons (Fsp3) is 0.727. The summed E-state index contributed by atoms with van der Waals surface area (Å²) in [6.45, 7) is 1.53. The molecule has 2 rings (SSSR count). The zero-order chi connectivity index (χ0) is 11.5. The fourth-order valence-electron chi connectivity index (χ4n) is 1.12. The molecule has 0 radical (unpaired) electrons. The standard InChI is InChI=1S/C6H7NO.C5H7NO/c1-5(8)6(4-7)2-3-6;6-3-5(4-7)1-2-5/h2-3H2,1H3;7H,1-2,4H2. The normalized spacial score (nSPS) is 22.4. The Labute approximate surface area is 89.1 Å². The average Bonchev–Trinajstić information content (AvgIpc) is 3.14. The van der Waals surface area contributed by atoms with E-state index in [0.717, 1.165) is 25.7 Å². The molecule has 80 valence electrons. The maximum absolute atomic E-state index is 10.5. The van der Waals surface area contributed by atoms with Crippen molar-refractivity contribution in [2.24, 2.45) is 10.8 Å². The van der Waals surface area contributed by atoms with Crippen LogP contribution in [-0.4, -0.2) is 17.5 Å². The van der Waals surface area contributed by atoms with Crippen LogP contribution in [0.2, 0.25) is 0 Å². The molecule has 0 atom stereocenters. The third-order valence-electron chi connectivity index (χ3n) is 3.03. The first kappa shape index (κ1) is 11.7. The first-order chi connectivity index (χ1) is 7.04. The molecule has 0 aromatic carbocycles. The van der Waals surface area contributed by atoms with Gasteiger partial charge in [0, 0.05) is 0 Å². The Balaban J connectivity index is 0.000000151. The lowest BCUT2D eigenvalue weighted by molar-refractivity contribution is -0.120. The molecule has 0 heterocycles. The molecule has 2 aliphatic rings. The van der Waals surface area contributed by atoms with E-state index >= 15 is 0 Å². The molecule has 2 aliphatic carbocycles. The second-order valence-electron chi connectivity index (χ2n) is 4.30. The number of aliphatic hydroxyl groups excluding tert-OH is 1. The minimum absolute atomic E-state index is 0.0278. The van der Waals surface area contributed by atoms with Crippen LogP contribution in [0.1, 0.15) is 32.6 Å². The number of Topliss-reactive ketones (excluding diaryl/α,β-unsaturated/α-hetero) is 1. The first-order valence-electron chi connectivity index (χ1n) is 4.99. The Morgan fingerprint density at radius 1 is 1.27 bits per heavy atom. The Kier molecular flexibility index (Phi) is 3.12. The highest BCUT2D eigenvalue weighted by Crippen LogP contribution is 2.45. The summed E-state index contributed by atoms with van der Waals surface area (Å²) in [5, 5.41) is 25.0. The molecule has 4 nitrogen and oxygen atoms in total. The molecular formula is C11H14N2O2. The number of carbonyl (C=O) groups is 1. The van der Waals surface area contributed by atoms with Crippen LogP contribution in [0.25, 0.3) is 0 Å². The number of aliphatic hydroxyl groups is 1. The van der Waals surface area contributed by atoms with Gasteiger partial charge in [-0.05, 0) is 32.6 Å². The molecule has 0 amide bonds. The van der Waals surface area contributed by atoms with E-state index in [9.17, 15) is 4.79 Å². The molecule has 2 saturated carbocycles. The summed E-state index contributed by atoms with van der Waals surface area (Å²) in [7, 11) is 0. The summed E-state index contributed by atoms with van der Waals surface area (Å²) < 4.78 is 0. The minimum atomic E-state index is -0.542. The van der Waals surface area contributed by atoms with Gasteiger partial charge < -0.3 is 5.11 Å². The van der Waals surface area contributed by atoms with Gasteiger partial charge in [0.25, 0.3) is 0 Å². The van der Waals surface area contributed by atoms with E-state index in [0.29, 0.717) is 0 Å². The van der Waals surface area contributed by atoms with Gasteiger partial charge in [-0.1, -0.05) is 0 Å². The molecule has 4 heteroatoms. The number of nitrogens with zero attached hydrogens (tertiary/aromatic N) is 2. The zero-order valence-electron chi connectivity index (χ0n) is 8.79. The molecular weight excluding hydrogens is 192 g/mol. The first-order valence-corrected chi connectivity index (χ1v) is 4.99. The molecule has 0 aromatic rings. The van der Waals surface area contributed by atoms with Gasteiger partial charge in [-0.15, -0.1) is 0 Å². The van der Waals surface area contributed by atoms with Crippen molar-refractivity contribution in [3.63, 3.8) is 0 Å². The van der Waals surface area contributed by atoms with Crippen LogP contribution in [0, 0.1) is 33.5 Å². The average molecular weight is 206 g/mol. The minimum Gasteiger partial charge on any atom is -0.395 e. The molecule has 1 N–H and O–H groups in total. The van der Waals surface area contributed by atoms with Crippen molar-refractivity contribution < 1.29 is 9.90 Å². The van der Waals surface area contributed by atoms with E-state index in [4.69, 9.17) is 15.6 Å². The number of hydrogen-bond acceptors (Lipinski definition) is 4. The van der Waals surface area contributed by atoms with Gasteiger partial charge in [-0.3, -0.25) is 4.79 Å². The van der Waals surface area contributed by atoms with Crippen LogP contribution in [-0.2, 0) is 4.79 Å². The highest BCUT2D eigenvalue weighted by atomic mass is 16.3. The molecule has 15 heavy (non-hydrogen) atoms. The smallest absolute Gasteiger partial charge is 0.150 e. The summed E-state index contributed by atoms with van der Waals surface area (Å²) in [6, 6.07) is 4.05. The van der Waals surface area contributed by atoms with E-state index in [1.165, 1.54) is 6.92 Å². The van der Waals surface area contributed by atoms with E-state index in [1.807, 2.05) is 6.07 Å². The molecule has 0 unspecified atom stereocenters. The second-order valence-corrected chi connectivity index (χ2v) is 4.30. The number of carbonyl (C=O) groups excluding carboxylic acids is 1. The van der Waals surface area contributed by atoms with Crippen LogP contribution in [0.3, 0.4) is 0 Å². The van der Waals surface area contributed by atoms with Gasteiger partial charge in [-0.2, -0.15) is 10.5 Å². The van der Waals surface area contributed by atoms with Gasteiger partial charge in [0.15, 0.2) is 0 Å². The molecule has 0 aliphatic heterocycles. The molecule has 0 saturated heterocycles. The Hall–Kier alpha value is -1.39. The van der Waals surface area contributed by atoms with Crippen LogP contribution >= 0.6 is 0 Å². The maximum atomic E-state index is 10.5. The van der Waals surface area contributed by atoms with Crippen molar-refractivity contribution in [2.45, 2.75) is 32.6 Å². The third-order valence-corrected chi connectivity index (χ3v) is 3.03. The van der Waals surface area contributed by atoms with Crippen molar-refractivity contribution in [1.82, 2.24) is 0 Å². The van der Waals surface area contributed by atoms with Crippen molar-refractivity contribution in [3.05, 3.63) is 0 Å². The topological polar surface area (TPSA) is 84.9 Å². The van der Waals surface area contributed by atoms with Crippen molar-refractivity contribution in [3.8, 4) is 12.1 Å². The predicted octanol–water partition coefficient (Wildman–Crippen LogP) is 1.16. The molecule has 0 bridgehead atoms. The van der Waals surface area contributed by atoms with Gasteiger partial charge >= 0.3 is 0 Å². The van der Waals surface area contributed by atoms with Crippen LogP contribution in [0.4, 0.5) is 0 Å². The van der Waals surface area contributed by atoms with Crippen LogP contribution in [0.5, 0.6) is 0 Å². The Morgan fingerprint density at radius 2 is 1.80 bits per heavy atom. The van der Waals surface area contributed by atoms with Crippen LogP contribution < -0.4 is 0 Å². The highest BCUT2D eigenvalue weighted by Gasteiger charge is 2.47. The summed E-state index contributed by atoms with van der Waals surface area (Å²) in [5.41, 5.74) is -0.847. The number of rotatable bonds is 2. The van der Waals surface area contributed by atoms with Crippen molar-refractivity contribution >= 4 is 5.78 Å². The SMILES string of the molecule is CC(=O)C1(C#N)CC1.N#CC1(CO)CC1. The highest BCUT2D eigenvalue weighted by molar-refractivity contribution is 5.87. The Morgan fingerprint density at radius 3 is 1.80 bits per heavy atom. The lowest BCUT2D eigenvalue weighted by atomic mass is 10.1. The monoisotopic (exact) mass is 206 g/mol. The molecule has 2 fully saturated rings. The van der Waals surface area contributed by atoms with Crippen LogP contribution in [0.15, 0.2) is 0 Å². The lowest BCUT2D eigenvalue weighted by Gasteiger charge is -1.93. The third kappa shape index (κ3) is 2.55. The van der Waals surface area contributed by atoms with Gasteiger partial charge in [0.05, 0.1) is 24.2 Å².